The van der Waals surface area contributed by atoms with Crippen molar-refractivity contribution in [1.29, 1.82) is 0 Å². The number of rotatable bonds is 4. The summed E-state index contributed by atoms with van der Waals surface area (Å²) < 4.78 is 28.4. The highest BCUT2D eigenvalue weighted by atomic mass is 35.5. The van der Waals surface area contributed by atoms with Crippen molar-refractivity contribution in [3.8, 4) is 11.3 Å². The van der Waals surface area contributed by atoms with Crippen LogP contribution in [-0.4, -0.2) is 33.6 Å². The topological polar surface area (TPSA) is 62.5 Å². The molecule has 0 aliphatic carbocycles. The fourth-order valence-electron chi connectivity index (χ4n) is 4.26. The third-order valence-corrected chi connectivity index (χ3v) is 6.31. The Hall–Kier alpha value is -3.52. The van der Waals surface area contributed by atoms with E-state index in [1.807, 2.05) is 47.8 Å². The summed E-state index contributed by atoms with van der Waals surface area (Å²) in [6.45, 7) is 3.26. The van der Waals surface area contributed by atoms with Gasteiger partial charge in [-0.05, 0) is 44.0 Å². The molecule has 1 aliphatic rings. The van der Waals surface area contributed by atoms with Crippen LogP contribution in [0.1, 0.15) is 18.5 Å². The highest BCUT2D eigenvalue weighted by Gasteiger charge is 2.27. The van der Waals surface area contributed by atoms with Gasteiger partial charge in [-0.2, -0.15) is 9.61 Å². The van der Waals surface area contributed by atoms with Gasteiger partial charge in [0, 0.05) is 59.2 Å². The van der Waals surface area contributed by atoms with Gasteiger partial charge in [0.2, 0.25) is 5.91 Å². The number of nitrogens with one attached hydrogen (secondary N) is 1. The number of carbonyl (C=O) groups is 1. The number of amides is 1. The Morgan fingerprint density at radius 2 is 1.76 bits per heavy atom. The third kappa shape index (κ3) is 4.46. The number of hydrogen-bond donors (Lipinski definition) is 1. The van der Waals surface area contributed by atoms with Crippen molar-refractivity contribution in [3.05, 3.63) is 76.9 Å². The summed E-state index contributed by atoms with van der Waals surface area (Å²) in [5, 5.41) is 8.14. The summed E-state index contributed by atoms with van der Waals surface area (Å²) in [5.74, 6) is -1.41. The number of aryl methyl sites for hydroxylation is 1. The van der Waals surface area contributed by atoms with Crippen molar-refractivity contribution < 1.29 is 13.6 Å². The predicted octanol–water partition coefficient (Wildman–Crippen LogP) is 5.49. The van der Waals surface area contributed by atoms with E-state index in [9.17, 15) is 13.6 Å². The smallest absolute Gasteiger partial charge is 0.227 e. The van der Waals surface area contributed by atoms with E-state index in [1.54, 1.807) is 0 Å². The monoisotopic (exact) mass is 481 g/mol. The molecule has 0 unspecified atom stereocenters. The van der Waals surface area contributed by atoms with Gasteiger partial charge in [-0.25, -0.2) is 13.8 Å². The Kier molecular flexibility index (Phi) is 5.91. The Morgan fingerprint density at radius 1 is 1.03 bits per heavy atom. The number of halogens is 3. The van der Waals surface area contributed by atoms with Crippen LogP contribution in [0.15, 0.2) is 54.6 Å². The van der Waals surface area contributed by atoms with Crippen molar-refractivity contribution in [2.75, 3.05) is 23.3 Å². The first-order valence-corrected chi connectivity index (χ1v) is 11.4. The maximum atomic E-state index is 13.4. The van der Waals surface area contributed by atoms with Crippen LogP contribution in [0.2, 0.25) is 5.02 Å². The maximum absolute atomic E-state index is 13.4. The highest BCUT2D eigenvalue weighted by Crippen LogP contribution is 2.28. The Balaban J connectivity index is 1.32. The first-order valence-electron chi connectivity index (χ1n) is 11.0. The molecule has 0 saturated carbocycles. The average molecular weight is 482 g/mol. The van der Waals surface area contributed by atoms with Crippen LogP contribution in [0.25, 0.3) is 16.9 Å². The molecule has 0 bridgehead atoms. The Labute approximate surface area is 200 Å². The molecule has 1 fully saturated rings. The average Bonchev–Trinajstić information content (AvgIpc) is 3.25. The lowest BCUT2D eigenvalue weighted by Crippen LogP contribution is -2.39. The summed E-state index contributed by atoms with van der Waals surface area (Å²) >= 11 is 6.01. The van der Waals surface area contributed by atoms with Gasteiger partial charge in [0.05, 0.1) is 5.69 Å². The van der Waals surface area contributed by atoms with Gasteiger partial charge in [-0.1, -0.05) is 23.7 Å². The van der Waals surface area contributed by atoms with Gasteiger partial charge in [0.15, 0.2) is 17.3 Å². The molecule has 1 saturated heterocycles. The molecule has 9 heteroatoms. The van der Waals surface area contributed by atoms with Crippen LogP contribution in [0.3, 0.4) is 0 Å². The fourth-order valence-corrected chi connectivity index (χ4v) is 4.38. The second-order valence-electron chi connectivity index (χ2n) is 8.44. The SMILES string of the molecule is Cc1cc(N2CCC(C(=O)Nc3ccc(F)c(F)c3)CC2)n2nc(-c3ccc(Cl)cc3)cc2n1. The van der Waals surface area contributed by atoms with E-state index < -0.39 is 11.6 Å². The van der Waals surface area contributed by atoms with Crippen molar-refractivity contribution in [3.63, 3.8) is 0 Å². The Bertz CT molecular complexity index is 1360. The number of aromatic nitrogens is 3. The molecule has 6 nitrogen and oxygen atoms in total. The molecule has 0 spiro atoms. The normalized spacial score (nSPS) is 14.5. The van der Waals surface area contributed by atoms with Gasteiger partial charge >= 0.3 is 0 Å². The molecule has 5 rings (SSSR count). The number of piperidine rings is 1. The zero-order chi connectivity index (χ0) is 23.8. The zero-order valence-electron chi connectivity index (χ0n) is 18.4. The van der Waals surface area contributed by atoms with Crippen LogP contribution < -0.4 is 10.2 Å². The van der Waals surface area contributed by atoms with Crippen LogP contribution in [-0.2, 0) is 4.79 Å². The Morgan fingerprint density at radius 3 is 2.47 bits per heavy atom. The predicted molar refractivity (Wildman–Crippen MR) is 128 cm³/mol. The second-order valence-corrected chi connectivity index (χ2v) is 8.88. The van der Waals surface area contributed by atoms with Crippen LogP contribution in [0.4, 0.5) is 20.3 Å². The second kappa shape index (κ2) is 9.02. The van der Waals surface area contributed by atoms with E-state index in [2.05, 4.69) is 15.2 Å². The molecular formula is C25H22ClF2N5O. The largest absolute Gasteiger partial charge is 0.356 e. The lowest BCUT2D eigenvalue weighted by atomic mass is 9.95. The van der Waals surface area contributed by atoms with Gasteiger partial charge in [0.25, 0.3) is 0 Å². The van der Waals surface area contributed by atoms with E-state index >= 15 is 0 Å². The molecule has 174 valence electrons. The molecule has 3 heterocycles. The summed E-state index contributed by atoms with van der Waals surface area (Å²) in [7, 11) is 0. The van der Waals surface area contributed by atoms with E-state index in [1.165, 1.54) is 6.07 Å². The number of anilines is 2. The van der Waals surface area contributed by atoms with Gasteiger partial charge < -0.3 is 10.2 Å². The van der Waals surface area contributed by atoms with Gasteiger partial charge in [0.1, 0.15) is 5.82 Å². The molecule has 2 aromatic heterocycles. The number of hydrogen-bond acceptors (Lipinski definition) is 4. The summed E-state index contributed by atoms with van der Waals surface area (Å²) in [6, 6.07) is 14.8. The molecule has 1 amide bonds. The quantitative estimate of drug-likeness (QED) is 0.418. The fraction of sp³-hybridized carbons (Fsp3) is 0.240. The van der Waals surface area contributed by atoms with Crippen LogP contribution >= 0.6 is 11.6 Å². The van der Waals surface area contributed by atoms with Gasteiger partial charge in [-0.3, -0.25) is 4.79 Å². The number of fused-ring (bicyclic) bond motifs is 1. The standard InChI is InChI=1S/C25H22ClF2N5O/c1-15-12-24(33-23(29-15)14-22(31-33)16-2-4-18(26)5-3-16)32-10-8-17(9-11-32)25(34)30-19-6-7-20(27)21(28)13-19/h2-7,12-14,17H,8-11H2,1H3,(H,30,34). The number of nitrogens with zero attached hydrogens (tertiary/aromatic N) is 4. The van der Waals surface area contributed by atoms with Crippen molar-refractivity contribution in [1.82, 2.24) is 14.6 Å². The first kappa shape index (κ1) is 22.3. The molecule has 1 aliphatic heterocycles. The van der Waals surface area contributed by atoms with Gasteiger partial charge in [-0.15, -0.1) is 0 Å². The maximum Gasteiger partial charge on any atom is 0.227 e. The van der Waals surface area contributed by atoms with Crippen molar-refractivity contribution in [2.24, 2.45) is 5.92 Å². The minimum Gasteiger partial charge on any atom is -0.356 e. The molecule has 1 N–H and O–H groups in total. The van der Waals surface area contributed by atoms with E-state index in [-0.39, 0.29) is 17.5 Å². The minimum atomic E-state index is -0.984. The molecule has 4 aromatic rings. The zero-order valence-corrected chi connectivity index (χ0v) is 19.2. The molecule has 34 heavy (non-hydrogen) atoms. The highest BCUT2D eigenvalue weighted by molar-refractivity contribution is 6.30. The lowest BCUT2D eigenvalue weighted by Gasteiger charge is -2.33. The van der Waals surface area contributed by atoms with Crippen molar-refractivity contribution >= 4 is 34.7 Å². The van der Waals surface area contributed by atoms with E-state index in [4.69, 9.17) is 16.7 Å². The van der Waals surface area contributed by atoms with Crippen LogP contribution in [0, 0.1) is 24.5 Å². The number of carbonyl (C=O) groups excluding carboxylic acids is 1. The third-order valence-electron chi connectivity index (χ3n) is 6.05. The molecule has 2 aromatic carbocycles. The first-order chi connectivity index (χ1) is 16.4. The molecule has 0 radical (unpaired) electrons. The summed E-state index contributed by atoms with van der Waals surface area (Å²) in [6.07, 6.45) is 1.26. The van der Waals surface area contributed by atoms with E-state index in [0.29, 0.717) is 31.0 Å². The number of benzene rings is 2. The molecular weight excluding hydrogens is 460 g/mol. The summed E-state index contributed by atoms with van der Waals surface area (Å²) in [4.78, 5) is 19.5. The van der Waals surface area contributed by atoms with Crippen molar-refractivity contribution in [2.45, 2.75) is 19.8 Å². The van der Waals surface area contributed by atoms with E-state index in [0.717, 1.165) is 40.5 Å². The molecule has 0 atom stereocenters. The summed E-state index contributed by atoms with van der Waals surface area (Å²) in [5.41, 5.74) is 3.63. The van der Waals surface area contributed by atoms with Crippen LogP contribution in [0.5, 0.6) is 0 Å². The minimum absolute atomic E-state index is 0.189. The lowest BCUT2D eigenvalue weighted by molar-refractivity contribution is -0.120.